The van der Waals surface area contributed by atoms with Gasteiger partial charge in [-0.2, -0.15) is 15.8 Å². The molecular formula is C118H67Ir2N19S-2. The van der Waals surface area contributed by atoms with Gasteiger partial charge in [-0.3, -0.25) is 4.98 Å². The summed E-state index contributed by atoms with van der Waals surface area (Å²) in [7, 11) is 0. The van der Waals surface area contributed by atoms with E-state index in [2.05, 4.69) is 418 Å². The maximum absolute atomic E-state index is 9.30. The van der Waals surface area contributed by atoms with Gasteiger partial charge in [-0.1, -0.05) is 225 Å². The molecule has 0 saturated carbocycles. The van der Waals surface area contributed by atoms with Crippen LogP contribution in [-0.2, 0) is 40.2 Å². The summed E-state index contributed by atoms with van der Waals surface area (Å²) in [6.07, 6.45) is 3.89. The van der Waals surface area contributed by atoms with Crippen LogP contribution in [0.5, 0.6) is 0 Å². The average molecular weight is 2170 g/mol. The minimum absolute atomic E-state index is 0. The molecule has 19 nitrogen and oxygen atoms in total. The van der Waals surface area contributed by atoms with E-state index < -0.39 is 0 Å². The maximum atomic E-state index is 9.30. The Bertz CT molecular complexity index is 9080. The maximum Gasteiger partial charge on any atom is 0.307 e. The molecule has 2 radical (unpaired) electrons. The fraction of sp³-hybridized carbons (Fsp3) is 0.0169. The van der Waals surface area contributed by atoms with Crippen LogP contribution in [0.2, 0.25) is 0 Å². The first-order valence-corrected chi connectivity index (χ1v) is 45.1. The van der Waals surface area contributed by atoms with Crippen molar-refractivity contribution in [2.24, 2.45) is 0 Å². The van der Waals surface area contributed by atoms with Crippen LogP contribution in [0, 0.1) is 79.7 Å². The fourth-order valence-electron chi connectivity index (χ4n) is 19.1. The van der Waals surface area contributed by atoms with Gasteiger partial charge >= 0.3 is 5.82 Å². The van der Waals surface area contributed by atoms with Gasteiger partial charge in [0.15, 0.2) is 17.1 Å². The van der Waals surface area contributed by atoms with Crippen LogP contribution in [0.25, 0.3) is 227 Å². The Kier molecular flexibility index (Phi) is 23.4. The van der Waals surface area contributed by atoms with E-state index in [1.807, 2.05) is 66.9 Å². The van der Waals surface area contributed by atoms with Gasteiger partial charge in [-0.15, -0.1) is 91.8 Å². The van der Waals surface area contributed by atoms with E-state index in [0.29, 0.717) is 0 Å². The predicted molar refractivity (Wildman–Crippen MR) is 554 cm³/mol. The minimum atomic E-state index is -0.298. The molecule has 0 amide bonds. The van der Waals surface area contributed by atoms with Crippen LogP contribution in [0.1, 0.15) is 28.3 Å². The number of hydrogen-bond donors (Lipinski definition) is 0. The van der Waals surface area contributed by atoms with Gasteiger partial charge in [0.1, 0.15) is 34.8 Å². The Labute approximate surface area is 830 Å². The summed E-state index contributed by atoms with van der Waals surface area (Å²) in [6.45, 7) is 25.8. The van der Waals surface area contributed by atoms with Crippen molar-refractivity contribution in [1.82, 2.24) is 62.5 Å². The van der Waals surface area contributed by atoms with E-state index in [1.54, 1.807) is 18.2 Å². The second-order valence-corrected chi connectivity index (χ2v) is 34.1. The molecule has 0 saturated heterocycles. The quantitative estimate of drug-likeness (QED) is 0.113. The molecule has 0 atom stereocenters. The zero-order valence-corrected chi connectivity index (χ0v) is 79.9. The number of nitriles is 3. The zero-order chi connectivity index (χ0) is 93.2. The summed E-state index contributed by atoms with van der Waals surface area (Å²) in [5, 5.41) is 44.3. The summed E-state index contributed by atoms with van der Waals surface area (Å²) in [6, 6.07) is 139. The molecule has 27 rings (SSSR count). The molecule has 0 aliphatic carbocycles. The molecule has 0 unspecified atom stereocenters. The van der Waals surface area contributed by atoms with Crippen LogP contribution in [0.4, 0.5) is 17.5 Å². The van der Waals surface area contributed by atoms with Crippen LogP contribution in [0.3, 0.4) is 0 Å². The second-order valence-electron chi connectivity index (χ2n) is 33.0. The van der Waals surface area contributed by atoms with Crippen molar-refractivity contribution in [3.63, 3.8) is 0 Å². The molecule has 0 bridgehead atoms. The van der Waals surface area contributed by atoms with Gasteiger partial charge in [-0.05, 0) is 157 Å². The number of nitrogens with zero attached hydrogens (tertiary/aromatic N) is 19. The first-order chi connectivity index (χ1) is 68.0. The predicted octanol–water partition coefficient (Wildman–Crippen LogP) is 29.2. The van der Waals surface area contributed by atoms with Crippen molar-refractivity contribution in [3.8, 4) is 63.3 Å². The van der Waals surface area contributed by atoms with Crippen LogP contribution >= 0.6 is 11.3 Å². The number of imidazole rings is 1. The zero-order valence-electron chi connectivity index (χ0n) is 74.3. The first kappa shape index (κ1) is 88.2. The number of pyridine rings is 2. The molecule has 11 aromatic heterocycles. The Morgan fingerprint density at radius 1 is 0.307 bits per heavy atom. The van der Waals surface area contributed by atoms with Crippen molar-refractivity contribution < 1.29 is 40.2 Å². The third-order valence-corrected chi connectivity index (χ3v) is 26.2. The Morgan fingerprint density at radius 3 is 1.03 bits per heavy atom. The summed E-state index contributed by atoms with van der Waals surface area (Å²) in [5.74, 6) is -0.890. The fourth-order valence-corrected chi connectivity index (χ4v) is 20.2. The number of rotatable bonds is 6. The second kappa shape index (κ2) is 37.1. The first-order valence-electron chi connectivity index (χ1n) is 44.3. The van der Waals surface area contributed by atoms with Crippen molar-refractivity contribution in [2.45, 2.75) is 13.8 Å². The number of thiophene rings is 1. The van der Waals surface area contributed by atoms with Crippen LogP contribution in [0.15, 0.2) is 370 Å². The monoisotopic (exact) mass is 2170 g/mol. The van der Waals surface area contributed by atoms with Gasteiger partial charge in [0.2, 0.25) is 11.0 Å². The van der Waals surface area contributed by atoms with Gasteiger partial charge in [0.05, 0.1) is 49.8 Å². The van der Waals surface area contributed by atoms with Crippen molar-refractivity contribution in [1.29, 1.82) is 15.8 Å². The topological polar surface area (TPSA) is 212 Å². The SMILES string of the molecule is Cc1cccnc1-c1[c-]cccc1.Cc1cn2c3ccccc3c3ccc[c-]c3c2n1.[C-]#[N+]c1nc2c(nc1C#N)c1nc(C#N)c(C#N)nc1c1nc([N+]#[C-])c([N+]#[C-])nc21.[Ir].[Ir].c1cc(-c2cccc(-n3c4ccccc4c4ccccc43)c2)cc(-n2c3ccccc3c3ccccc32)c1.c1ccc2c(c1)c1ccccc1n2-c1ccc2sc3ccc(-n4c5ccccc5c5ccccc54)cc3c2c1. The van der Waals surface area contributed by atoms with Gasteiger partial charge in [0.25, 0.3) is 17.2 Å². The number of hydrogen-bond acceptors (Lipinski definition) is 12. The standard InChI is InChI=1S/C36H22N2S.C36H24N2.C18N12.C16H11N2.C12H10N.2Ir/c1-5-13-31-25(9-1)26-10-2-6-14-32(26)37(31)23-17-19-35-29(21-23)30-22-24(18-20-36(30)39-35)38-33-15-7-3-11-27(33)28-12-4-8-16-34(28)38;1-5-19-33-29(15-1)30-16-2-6-20-34(30)37(33)27-13-9-11-25(23-27)26-12-10-14-28(24-26)38-35-21-7-3-17-31(35)32-18-4-8-22-36(32)38;1-22-16-9(6-21)27-12-10-11(26-8(5-20)7(4-19)25-10)14-15(13(12)28-16)30-18(24-3)17(23-2)29-14;1-11-10-18-15-9-5-4-7-13(15)12-6-2-3-8-14(12)16(18)17-11;1-10-6-5-9-13-12(10)11-7-3-2-4-8-11;;/h1-22H;1-24H;;2-7,9-10H,1H3;2-7,9H,1H3;;/q;;;2*-1;;. The Balaban J connectivity index is 0.000000108. The molecule has 27 aromatic rings. The van der Waals surface area contributed by atoms with Crippen LogP contribution < -0.4 is 0 Å². The summed E-state index contributed by atoms with van der Waals surface area (Å²) < 4.78 is 14.4. The number of fused-ring (bicyclic) bond motifs is 27. The van der Waals surface area contributed by atoms with Gasteiger partial charge in [-0.25, -0.2) is 15.0 Å². The number of aryl methyl sites for hydroxylation is 2. The molecule has 140 heavy (non-hydrogen) atoms. The van der Waals surface area contributed by atoms with Gasteiger partial charge in [0, 0.05) is 150 Å². The largest absolute Gasteiger partial charge is 0.370 e. The average Bonchev–Trinajstić information content (AvgIpc) is 1.38. The third-order valence-electron chi connectivity index (χ3n) is 25.1. The van der Waals surface area contributed by atoms with Gasteiger partial charge < -0.3 is 42.2 Å². The van der Waals surface area contributed by atoms with Crippen molar-refractivity contribution in [2.75, 3.05) is 0 Å². The number of para-hydroxylation sites is 9. The van der Waals surface area contributed by atoms with Crippen LogP contribution in [-0.4, -0.2) is 62.5 Å². The molecule has 660 valence electrons. The molecule has 0 aliphatic heterocycles. The summed E-state index contributed by atoms with van der Waals surface area (Å²) in [5.41, 5.74) is 22.6. The van der Waals surface area contributed by atoms with E-state index in [4.69, 9.17) is 19.7 Å². The molecule has 0 spiro atoms. The van der Waals surface area contributed by atoms with Crippen molar-refractivity contribution in [3.05, 3.63) is 445 Å². The third kappa shape index (κ3) is 15.2. The number of aromatic nitrogens is 13. The Morgan fingerprint density at radius 2 is 0.650 bits per heavy atom. The molecule has 11 heterocycles. The molecule has 0 fully saturated rings. The van der Waals surface area contributed by atoms with E-state index in [1.165, 1.54) is 163 Å². The summed E-state index contributed by atoms with van der Waals surface area (Å²) >= 11 is 1.87. The van der Waals surface area contributed by atoms with E-state index in [-0.39, 0.29) is 108 Å². The smallest absolute Gasteiger partial charge is 0.307 e. The van der Waals surface area contributed by atoms with Crippen molar-refractivity contribution >= 4 is 197 Å². The molecular weight excluding hydrogens is 2100 g/mol. The van der Waals surface area contributed by atoms with E-state index >= 15 is 0 Å². The molecule has 22 heteroatoms. The van der Waals surface area contributed by atoms with E-state index in [9.17, 15) is 15.8 Å². The molecule has 0 aliphatic rings. The molecule has 16 aromatic carbocycles. The number of benzene rings is 16. The summed E-state index contributed by atoms with van der Waals surface area (Å²) in [4.78, 5) is 43.3. The Hall–Kier alpha value is -18.4. The van der Waals surface area contributed by atoms with E-state index in [0.717, 1.165) is 28.0 Å². The minimum Gasteiger partial charge on any atom is -0.370 e. The normalized spacial score (nSPS) is 11.1. The molecule has 0 N–H and O–H groups in total.